The number of carbonyl (C=O) groups is 1. The molecule has 12 heteroatoms. The highest BCUT2D eigenvalue weighted by Gasteiger charge is 2.37. The van der Waals surface area contributed by atoms with Gasteiger partial charge in [-0.2, -0.15) is 23.4 Å². The van der Waals surface area contributed by atoms with Gasteiger partial charge in [0.15, 0.2) is 0 Å². The van der Waals surface area contributed by atoms with E-state index in [1.54, 1.807) is 12.1 Å². The van der Waals surface area contributed by atoms with Crippen molar-refractivity contribution in [3.05, 3.63) is 72.2 Å². The number of hydrogen-bond donors (Lipinski definition) is 2. The monoisotopic (exact) mass is 528 g/mol. The summed E-state index contributed by atoms with van der Waals surface area (Å²) in [6.07, 6.45) is -0.150. The van der Waals surface area contributed by atoms with Gasteiger partial charge in [-0.15, -0.1) is 0 Å². The van der Waals surface area contributed by atoms with Gasteiger partial charge >= 0.3 is 6.18 Å². The van der Waals surface area contributed by atoms with Crippen molar-refractivity contribution < 1.29 is 27.4 Å². The Kier molecular flexibility index (Phi) is 9.09. The Labute approximate surface area is 218 Å². The fourth-order valence-corrected chi connectivity index (χ4v) is 3.64. The first kappa shape index (κ1) is 28.2. The van der Waals surface area contributed by atoms with Gasteiger partial charge in [0.25, 0.3) is 5.91 Å². The minimum absolute atomic E-state index is 0.0682. The molecule has 1 aliphatic heterocycles. The molecule has 1 aromatic heterocycles. The lowest BCUT2D eigenvalue weighted by atomic mass is 10.0. The molecule has 0 spiro atoms. The van der Waals surface area contributed by atoms with Gasteiger partial charge in [-0.3, -0.25) is 4.79 Å². The second-order valence-corrected chi connectivity index (χ2v) is 8.46. The van der Waals surface area contributed by atoms with Crippen LogP contribution in [0, 0.1) is 11.3 Å². The first-order chi connectivity index (χ1) is 18.0. The van der Waals surface area contributed by atoms with Gasteiger partial charge in [-0.05, 0) is 57.3 Å². The van der Waals surface area contributed by atoms with Gasteiger partial charge in [0.1, 0.15) is 23.1 Å². The minimum atomic E-state index is -4.83. The lowest BCUT2D eigenvalue weighted by Crippen LogP contribution is -2.43. The molecule has 1 saturated heterocycles. The zero-order chi connectivity index (χ0) is 27.9. The van der Waals surface area contributed by atoms with Crippen molar-refractivity contribution in [2.45, 2.75) is 25.1 Å². The smallest absolute Gasteiger partial charge is 0.423 e. The van der Waals surface area contributed by atoms with Gasteiger partial charge in [0, 0.05) is 17.8 Å². The van der Waals surface area contributed by atoms with E-state index < -0.39 is 17.6 Å². The van der Waals surface area contributed by atoms with E-state index in [2.05, 4.69) is 38.7 Å². The number of benzene rings is 1. The summed E-state index contributed by atoms with van der Waals surface area (Å²) in [5, 5.41) is 14.9. The highest BCUT2D eigenvalue weighted by molar-refractivity contribution is 5.95. The van der Waals surface area contributed by atoms with Crippen LogP contribution in [-0.4, -0.2) is 54.1 Å². The minimum Gasteiger partial charge on any atom is -0.495 e. The lowest BCUT2D eigenvalue weighted by molar-refractivity contribution is -0.139. The third-order valence-electron chi connectivity index (χ3n) is 5.73. The Hall–Kier alpha value is -4.37. The Morgan fingerprint density at radius 1 is 1.32 bits per heavy atom. The molecule has 1 aromatic carbocycles. The lowest BCUT2D eigenvalue weighted by Gasteiger charge is -2.29. The number of likely N-dealkylation sites (tertiary alicyclic amines) is 1. The molecule has 2 aromatic rings. The van der Waals surface area contributed by atoms with Gasteiger partial charge in [-0.1, -0.05) is 19.2 Å². The molecule has 3 rings (SSSR count). The molecule has 0 radical (unpaired) electrons. The average Bonchev–Trinajstić information content (AvgIpc) is 2.89. The molecule has 1 fully saturated rings. The zero-order valence-electron chi connectivity index (χ0n) is 20.9. The first-order valence-electron chi connectivity index (χ1n) is 11.5. The Bertz CT molecular complexity index is 1280. The van der Waals surface area contributed by atoms with Crippen LogP contribution < -0.4 is 20.1 Å². The number of methoxy groups -OCH3 is 1. The summed E-state index contributed by atoms with van der Waals surface area (Å²) in [5.74, 6) is -1.35. The number of rotatable bonds is 9. The molecule has 9 nitrogen and oxygen atoms in total. The molecule has 0 unspecified atom stereocenters. The van der Waals surface area contributed by atoms with Crippen LogP contribution in [0.3, 0.4) is 0 Å². The normalized spacial score (nSPS) is 14.8. The van der Waals surface area contributed by atoms with Gasteiger partial charge < -0.3 is 25.0 Å². The number of nitrogens with zero attached hydrogens (tertiary/aromatic N) is 4. The zero-order valence-corrected chi connectivity index (χ0v) is 20.9. The standard InChI is InChI=1S/C26H27F3N6O3/c1-5-6-21(16(2)14-30)38-24-19(26(27,28)29)15-31-25(34-24)33-20-8-7-17(13-22(20)37-4)23(36)32-18-9-11-35(3)12-10-18/h5-8,13,15,18H,1-2,9-12H2,3-4H3,(H,32,36)(H,31,33,34)/b21-6+. The third kappa shape index (κ3) is 7.10. The molecule has 0 atom stereocenters. The Morgan fingerprint density at radius 2 is 2.03 bits per heavy atom. The highest BCUT2D eigenvalue weighted by atomic mass is 19.4. The molecule has 200 valence electrons. The molecule has 2 heterocycles. The molecule has 0 saturated carbocycles. The molecule has 0 bridgehead atoms. The number of amides is 1. The number of nitrogens with one attached hydrogen (secondary N) is 2. The predicted octanol–water partition coefficient (Wildman–Crippen LogP) is 4.60. The molecule has 38 heavy (non-hydrogen) atoms. The first-order valence-corrected chi connectivity index (χ1v) is 11.5. The maximum absolute atomic E-state index is 13.6. The summed E-state index contributed by atoms with van der Waals surface area (Å²) in [6.45, 7) is 8.71. The van der Waals surface area contributed by atoms with Crippen molar-refractivity contribution in [1.29, 1.82) is 5.26 Å². The summed E-state index contributed by atoms with van der Waals surface area (Å²) >= 11 is 0. The quantitative estimate of drug-likeness (QED) is 0.276. The number of aromatic nitrogens is 2. The van der Waals surface area contributed by atoms with E-state index in [0.29, 0.717) is 17.4 Å². The van der Waals surface area contributed by atoms with Crippen molar-refractivity contribution in [1.82, 2.24) is 20.2 Å². The van der Waals surface area contributed by atoms with Crippen molar-refractivity contribution in [3.63, 3.8) is 0 Å². The van der Waals surface area contributed by atoms with E-state index in [1.165, 1.54) is 31.4 Å². The number of allylic oxidation sites excluding steroid dienone is 3. The van der Waals surface area contributed by atoms with E-state index in [1.807, 2.05) is 7.05 Å². The summed E-state index contributed by atoms with van der Waals surface area (Å²) in [7, 11) is 3.42. The Morgan fingerprint density at radius 3 is 2.63 bits per heavy atom. The molecular weight excluding hydrogens is 501 g/mol. The van der Waals surface area contributed by atoms with E-state index in [-0.39, 0.29) is 35.0 Å². The molecule has 1 aliphatic rings. The van der Waals surface area contributed by atoms with Crippen molar-refractivity contribution in [2.75, 3.05) is 32.6 Å². The summed E-state index contributed by atoms with van der Waals surface area (Å²) < 4.78 is 51.4. The topological polar surface area (TPSA) is 112 Å². The van der Waals surface area contributed by atoms with E-state index in [0.717, 1.165) is 25.9 Å². The average molecular weight is 529 g/mol. The van der Waals surface area contributed by atoms with E-state index in [4.69, 9.17) is 14.7 Å². The molecule has 0 aliphatic carbocycles. The number of ether oxygens (including phenoxy) is 2. The SMILES string of the molecule is C=C/C=C(/Oc1nc(Nc2ccc(C(=O)NC3CCN(C)CC3)cc2OC)ncc1C(F)(F)F)C(=C)C#N. The van der Waals surface area contributed by atoms with Crippen LogP contribution in [0.25, 0.3) is 0 Å². The van der Waals surface area contributed by atoms with Crippen LogP contribution in [-0.2, 0) is 6.18 Å². The summed E-state index contributed by atoms with van der Waals surface area (Å²) in [6, 6.07) is 6.38. The maximum atomic E-state index is 13.6. The fraction of sp³-hybridized carbons (Fsp3) is 0.308. The van der Waals surface area contributed by atoms with Crippen LogP contribution in [0.15, 0.2) is 61.0 Å². The summed E-state index contributed by atoms with van der Waals surface area (Å²) in [4.78, 5) is 22.6. The number of piperidine rings is 1. The molecule has 2 N–H and O–H groups in total. The number of hydrogen-bond acceptors (Lipinski definition) is 8. The number of halogens is 3. The maximum Gasteiger partial charge on any atom is 0.423 e. The molecular formula is C26H27F3N6O3. The predicted molar refractivity (Wildman–Crippen MR) is 135 cm³/mol. The highest BCUT2D eigenvalue weighted by Crippen LogP contribution is 2.37. The van der Waals surface area contributed by atoms with Crippen LogP contribution >= 0.6 is 0 Å². The number of alkyl halides is 3. The van der Waals surface area contributed by atoms with E-state index in [9.17, 15) is 18.0 Å². The third-order valence-corrected chi connectivity index (χ3v) is 5.73. The van der Waals surface area contributed by atoms with Crippen molar-refractivity contribution in [2.24, 2.45) is 0 Å². The van der Waals surface area contributed by atoms with E-state index >= 15 is 0 Å². The fourth-order valence-electron chi connectivity index (χ4n) is 3.64. The van der Waals surface area contributed by atoms with Gasteiger partial charge in [-0.25, -0.2) is 4.98 Å². The van der Waals surface area contributed by atoms with Crippen molar-refractivity contribution >= 4 is 17.5 Å². The van der Waals surface area contributed by atoms with Gasteiger partial charge in [0.2, 0.25) is 11.8 Å². The summed E-state index contributed by atoms with van der Waals surface area (Å²) in [5.41, 5.74) is -0.811. The molecule has 1 amide bonds. The van der Waals surface area contributed by atoms with Crippen molar-refractivity contribution in [3.8, 4) is 17.7 Å². The van der Waals surface area contributed by atoms with Crippen LogP contribution in [0.1, 0.15) is 28.8 Å². The number of anilines is 2. The second kappa shape index (κ2) is 12.2. The van der Waals surface area contributed by atoms with Gasteiger partial charge in [0.05, 0.1) is 18.4 Å². The van der Waals surface area contributed by atoms with Crippen LogP contribution in [0.4, 0.5) is 24.8 Å². The largest absolute Gasteiger partial charge is 0.495 e. The number of nitriles is 1. The second-order valence-electron chi connectivity index (χ2n) is 8.46. The Balaban J connectivity index is 1.86. The van der Waals surface area contributed by atoms with Crippen LogP contribution in [0.2, 0.25) is 0 Å². The number of carbonyl (C=O) groups excluding carboxylic acids is 1. The van der Waals surface area contributed by atoms with Crippen LogP contribution in [0.5, 0.6) is 11.6 Å².